The second-order valence-electron chi connectivity index (χ2n) is 10.4. The van der Waals surface area contributed by atoms with E-state index < -0.39 is 6.10 Å². The summed E-state index contributed by atoms with van der Waals surface area (Å²) in [4.78, 5) is 0. The maximum Gasteiger partial charge on any atom is 0.103 e. The third kappa shape index (κ3) is 24.8. The molecule has 2 N–H and O–H groups in total. The molecule has 0 saturated carbocycles. The maximum atomic E-state index is 10.1. The van der Waals surface area contributed by atoms with Gasteiger partial charge in [-0.25, -0.2) is 0 Å². The predicted octanol–water partition coefficient (Wildman–Crippen LogP) is 9.13. The first-order valence-electron chi connectivity index (χ1n) is 15.2. The monoisotopic (exact) mass is 470 g/mol. The van der Waals surface area contributed by atoms with Crippen LogP contribution in [0.4, 0.5) is 0 Å². The molecule has 0 saturated heterocycles. The van der Waals surface area contributed by atoms with Crippen LogP contribution in [0, 0.1) is 0 Å². The van der Waals surface area contributed by atoms with E-state index >= 15 is 0 Å². The lowest BCUT2D eigenvalue weighted by Gasteiger charge is -2.22. The fourth-order valence-electron chi connectivity index (χ4n) is 4.69. The van der Waals surface area contributed by atoms with Gasteiger partial charge in [0.2, 0.25) is 0 Å². The van der Waals surface area contributed by atoms with Crippen LogP contribution in [0.2, 0.25) is 0 Å². The molecule has 0 aromatic rings. The molecule has 2 unspecified atom stereocenters. The molecule has 200 valence electrons. The summed E-state index contributed by atoms with van der Waals surface area (Å²) in [7, 11) is 0. The lowest BCUT2D eigenvalue weighted by molar-refractivity contribution is -0.0629. The zero-order valence-electron chi connectivity index (χ0n) is 22.8. The third-order valence-corrected chi connectivity index (χ3v) is 7.04. The zero-order chi connectivity index (χ0) is 24.2. The number of aliphatic hydroxyl groups excluding tert-OH is 2. The highest BCUT2D eigenvalue weighted by Crippen LogP contribution is 2.16. The number of ether oxygens (including phenoxy) is 1. The van der Waals surface area contributed by atoms with Crippen LogP contribution in [0.5, 0.6) is 0 Å². The van der Waals surface area contributed by atoms with E-state index in [9.17, 15) is 10.2 Å². The van der Waals surface area contributed by atoms with Crippen molar-refractivity contribution < 1.29 is 14.9 Å². The lowest BCUT2D eigenvalue weighted by atomic mass is 10.0. The molecule has 0 heterocycles. The summed E-state index contributed by atoms with van der Waals surface area (Å²) in [6.07, 6.45) is 30.7. The molecule has 0 radical (unpaired) electrons. The highest BCUT2D eigenvalue weighted by atomic mass is 16.5. The molecular formula is C30H62O3. The molecule has 2 atom stereocenters. The van der Waals surface area contributed by atoms with E-state index in [2.05, 4.69) is 13.8 Å². The largest absolute Gasteiger partial charge is 0.394 e. The van der Waals surface area contributed by atoms with Gasteiger partial charge in [0.1, 0.15) is 6.10 Å². The lowest BCUT2D eigenvalue weighted by Crippen LogP contribution is -2.32. The van der Waals surface area contributed by atoms with Gasteiger partial charge < -0.3 is 14.9 Å². The fourth-order valence-corrected chi connectivity index (χ4v) is 4.69. The summed E-state index contributed by atoms with van der Waals surface area (Å²) in [6, 6.07) is 0. The standard InChI is InChI=1S/C30H62O3/c1-3-5-7-9-11-13-15-16-18-20-22-24-26-30(29(32)28-31)33-27-25-23-21-19-17-14-12-10-8-6-4-2/h29-32H,3-28H2,1-2H3. The second-order valence-corrected chi connectivity index (χ2v) is 10.4. The minimum absolute atomic E-state index is 0.193. The molecule has 3 nitrogen and oxygen atoms in total. The van der Waals surface area contributed by atoms with E-state index in [0.29, 0.717) is 0 Å². The van der Waals surface area contributed by atoms with Gasteiger partial charge in [-0.1, -0.05) is 155 Å². The van der Waals surface area contributed by atoms with Crippen LogP contribution in [-0.2, 0) is 4.74 Å². The SMILES string of the molecule is CCCCCCCCCCCCCCC(OCCCCCCCCCCCCC)C(O)CO. The Morgan fingerprint density at radius 2 is 0.818 bits per heavy atom. The van der Waals surface area contributed by atoms with Gasteiger partial charge in [0.15, 0.2) is 0 Å². The summed E-state index contributed by atoms with van der Waals surface area (Å²) in [5.74, 6) is 0. The molecule has 0 aliphatic heterocycles. The zero-order valence-corrected chi connectivity index (χ0v) is 22.8. The van der Waals surface area contributed by atoms with Gasteiger partial charge in [-0.3, -0.25) is 0 Å². The van der Waals surface area contributed by atoms with Crippen molar-refractivity contribution >= 4 is 0 Å². The first-order chi connectivity index (χ1) is 16.3. The molecule has 0 amide bonds. The third-order valence-electron chi connectivity index (χ3n) is 7.04. The van der Waals surface area contributed by atoms with Crippen molar-refractivity contribution in [1.82, 2.24) is 0 Å². The predicted molar refractivity (Wildman–Crippen MR) is 145 cm³/mol. The number of aliphatic hydroxyl groups is 2. The van der Waals surface area contributed by atoms with Gasteiger partial charge in [0.25, 0.3) is 0 Å². The van der Waals surface area contributed by atoms with Crippen LogP contribution in [0.3, 0.4) is 0 Å². The van der Waals surface area contributed by atoms with E-state index in [4.69, 9.17) is 4.74 Å². The first kappa shape index (κ1) is 32.9. The van der Waals surface area contributed by atoms with E-state index in [-0.39, 0.29) is 12.7 Å². The Kier molecular flexibility index (Phi) is 28.0. The van der Waals surface area contributed by atoms with Crippen molar-refractivity contribution in [3.8, 4) is 0 Å². The molecule has 0 fully saturated rings. The summed E-state index contributed by atoms with van der Waals surface area (Å²) < 4.78 is 5.97. The number of unbranched alkanes of at least 4 members (excludes halogenated alkanes) is 21. The maximum absolute atomic E-state index is 10.1. The molecule has 3 heteroatoms. The van der Waals surface area contributed by atoms with Crippen LogP contribution in [0.25, 0.3) is 0 Å². The van der Waals surface area contributed by atoms with E-state index in [1.165, 1.54) is 135 Å². The summed E-state index contributed by atoms with van der Waals surface area (Å²) in [5, 5.41) is 19.5. The van der Waals surface area contributed by atoms with Crippen molar-refractivity contribution in [2.24, 2.45) is 0 Å². The fraction of sp³-hybridized carbons (Fsp3) is 1.00. The molecule has 0 aliphatic carbocycles. The van der Waals surface area contributed by atoms with Crippen molar-refractivity contribution in [3.63, 3.8) is 0 Å². The van der Waals surface area contributed by atoms with Gasteiger partial charge in [-0.2, -0.15) is 0 Å². The van der Waals surface area contributed by atoms with E-state index in [1.54, 1.807) is 0 Å². The topological polar surface area (TPSA) is 49.7 Å². The van der Waals surface area contributed by atoms with Crippen molar-refractivity contribution in [2.75, 3.05) is 13.2 Å². The Morgan fingerprint density at radius 1 is 0.485 bits per heavy atom. The number of hydrogen-bond donors (Lipinski definition) is 2. The second kappa shape index (κ2) is 28.1. The minimum atomic E-state index is -0.731. The molecule has 0 bridgehead atoms. The Balaban J connectivity index is 3.53. The molecule has 0 aliphatic rings. The molecule has 0 rings (SSSR count). The number of rotatable bonds is 28. The van der Waals surface area contributed by atoms with Crippen molar-refractivity contribution in [1.29, 1.82) is 0 Å². The van der Waals surface area contributed by atoms with Crippen LogP contribution in [0.15, 0.2) is 0 Å². The summed E-state index contributed by atoms with van der Waals surface area (Å²) in [5.41, 5.74) is 0. The van der Waals surface area contributed by atoms with Crippen LogP contribution in [0.1, 0.15) is 168 Å². The van der Waals surface area contributed by atoms with Gasteiger partial charge in [0, 0.05) is 6.61 Å². The molecule has 0 spiro atoms. The van der Waals surface area contributed by atoms with E-state index in [0.717, 1.165) is 25.9 Å². The Morgan fingerprint density at radius 3 is 1.18 bits per heavy atom. The molecule has 0 aromatic heterocycles. The van der Waals surface area contributed by atoms with Gasteiger partial charge in [-0.15, -0.1) is 0 Å². The Hall–Kier alpha value is -0.120. The first-order valence-corrected chi connectivity index (χ1v) is 15.2. The van der Waals surface area contributed by atoms with Crippen molar-refractivity contribution in [3.05, 3.63) is 0 Å². The Labute approximate surface area is 208 Å². The van der Waals surface area contributed by atoms with Gasteiger partial charge >= 0.3 is 0 Å². The average Bonchev–Trinajstić information content (AvgIpc) is 2.83. The average molecular weight is 471 g/mol. The van der Waals surface area contributed by atoms with Gasteiger partial charge in [-0.05, 0) is 12.8 Å². The highest BCUT2D eigenvalue weighted by molar-refractivity contribution is 4.68. The van der Waals surface area contributed by atoms with Crippen LogP contribution < -0.4 is 0 Å². The Bertz CT molecular complexity index is 319. The smallest absolute Gasteiger partial charge is 0.103 e. The number of hydrogen-bond acceptors (Lipinski definition) is 3. The molecule has 0 aromatic carbocycles. The van der Waals surface area contributed by atoms with Crippen LogP contribution in [-0.4, -0.2) is 35.6 Å². The molecule has 33 heavy (non-hydrogen) atoms. The quantitative estimate of drug-likeness (QED) is 0.112. The molecular weight excluding hydrogens is 408 g/mol. The summed E-state index contributed by atoms with van der Waals surface area (Å²) in [6.45, 7) is 5.08. The van der Waals surface area contributed by atoms with Crippen molar-refractivity contribution in [2.45, 2.75) is 180 Å². The minimum Gasteiger partial charge on any atom is -0.394 e. The van der Waals surface area contributed by atoms with Gasteiger partial charge in [0.05, 0.1) is 12.7 Å². The normalized spacial score (nSPS) is 13.5. The highest BCUT2D eigenvalue weighted by Gasteiger charge is 2.18. The van der Waals surface area contributed by atoms with E-state index in [1.807, 2.05) is 0 Å². The van der Waals surface area contributed by atoms with Crippen LogP contribution >= 0.6 is 0 Å². The summed E-state index contributed by atoms with van der Waals surface area (Å²) >= 11 is 0.